The van der Waals surface area contributed by atoms with Crippen LogP contribution in [-0.4, -0.2) is 54.6 Å². The van der Waals surface area contributed by atoms with Crippen molar-refractivity contribution in [3.8, 4) is 0 Å². The first-order valence-electron chi connectivity index (χ1n) is 7.46. The van der Waals surface area contributed by atoms with Crippen LogP contribution in [0.25, 0.3) is 0 Å². The summed E-state index contributed by atoms with van der Waals surface area (Å²) in [4.78, 5) is 16.7. The molecule has 1 atom stereocenters. The van der Waals surface area contributed by atoms with E-state index in [-0.39, 0.29) is 6.03 Å². The number of nitrogens with zero attached hydrogens (tertiary/aromatic N) is 2. The molecule has 2 rings (SSSR count). The fourth-order valence-corrected chi connectivity index (χ4v) is 3.10. The molecule has 0 aromatic rings. The lowest BCUT2D eigenvalue weighted by atomic mass is 10.0. The van der Waals surface area contributed by atoms with Crippen molar-refractivity contribution in [2.24, 2.45) is 0 Å². The van der Waals surface area contributed by atoms with Crippen molar-refractivity contribution in [2.45, 2.75) is 57.5 Å². The second-order valence-electron chi connectivity index (χ2n) is 5.78. The Hall–Kier alpha value is -0.770. The van der Waals surface area contributed by atoms with Gasteiger partial charge in [-0.05, 0) is 58.7 Å². The van der Waals surface area contributed by atoms with Crippen molar-refractivity contribution in [3.05, 3.63) is 0 Å². The third-order valence-corrected chi connectivity index (χ3v) is 4.41. The minimum absolute atomic E-state index is 0.177. The lowest BCUT2D eigenvalue weighted by Crippen LogP contribution is -2.52. The van der Waals surface area contributed by atoms with Gasteiger partial charge in [0.25, 0.3) is 0 Å². The number of carbonyl (C=O) groups excluding carboxylic acids is 1. The predicted molar refractivity (Wildman–Crippen MR) is 73.7 cm³/mol. The third-order valence-electron chi connectivity index (χ3n) is 4.41. The molecule has 1 N–H and O–H groups in total. The van der Waals surface area contributed by atoms with E-state index in [0.29, 0.717) is 12.1 Å². The molecule has 0 radical (unpaired) electrons. The maximum Gasteiger partial charge on any atom is 0.317 e. The average Bonchev–Trinajstić information content (AvgIpc) is 2.41. The molecule has 1 unspecified atom stereocenters. The van der Waals surface area contributed by atoms with Gasteiger partial charge in [-0.25, -0.2) is 4.79 Å². The van der Waals surface area contributed by atoms with E-state index in [1.54, 1.807) is 0 Å². The Morgan fingerprint density at radius 1 is 1.17 bits per heavy atom. The van der Waals surface area contributed by atoms with E-state index in [0.717, 1.165) is 45.3 Å². The third kappa shape index (κ3) is 3.37. The van der Waals surface area contributed by atoms with Gasteiger partial charge >= 0.3 is 6.03 Å². The van der Waals surface area contributed by atoms with Gasteiger partial charge in [-0.2, -0.15) is 0 Å². The average molecular weight is 253 g/mol. The number of rotatable bonds is 2. The number of amides is 2. The minimum atomic E-state index is 0.177. The van der Waals surface area contributed by atoms with Gasteiger partial charge in [0.1, 0.15) is 0 Å². The Bertz CT molecular complexity index is 274. The van der Waals surface area contributed by atoms with Crippen LogP contribution >= 0.6 is 0 Å². The van der Waals surface area contributed by atoms with E-state index in [1.807, 2.05) is 0 Å². The molecule has 2 saturated heterocycles. The maximum absolute atomic E-state index is 12.3. The van der Waals surface area contributed by atoms with Crippen molar-refractivity contribution in [2.75, 3.05) is 26.7 Å². The first kappa shape index (κ1) is 13.7. The summed E-state index contributed by atoms with van der Waals surface area (Å²) in [7, 11) is 2.15. The molecule has 2 aliphatic rings. The molecule has 0 saturated carbocycles. The minimum Gasteiger partial charge on any atom is -0.335 e. The van der Waals surface area contributed by atoms with Crippen molar-refractivity contribution in [3.63, 3.8) is 0 Å². The Kier molecular flexibility index (Phi) is 4.87. The van der Waals surface area contributed by atoms with Gasteiger partial charge in [-0.3, -0.25) is 0 Å². The maximum atomic E-state index is 12.3. The van der Waals surface area contributed by atoms with Crippen LogP contribution in [-0.2, 0) is 0 Å². The summed E-state index contributed by atoms with van der Waals surface area (Å²) in [6, 6.07) is 1.02. The number of likely N-dealkylation sites (tertiary alicyclic amines) is 2. The second-order valence-corrected chi connectivity index (χ2v) is 5.78. The summed E-state index contributed by atoms with van der Waals surface area (Å²) in [5.74, 6) is 0. The van der Waals surface area contributed by atoms with E-state index in [9.17, 15) is 4.79 Å². The SMILES string of the molecule is CCC1CCCCN1C(=O)NC1CCN(C)CC1. The van der Waals surface area contributed by atoms with Crippen LogP contribution in [0.1, 0.15) is 45.4 Å². The molecular weight excluding hydrogens is 226 g/mol. The van der Waals surface area contributed by atoms with Crippen LogP contribution in [0.15, 0.2) is 0 Å². The highest BCUT2D eigenvalue weighted by Crippen LogP contribution is 2.20. The molecule has 2 fully saturated rings. The predicted octanol–water partition coefficient (Wildman–Crippen LogP) is 2.05. The van der Waals surface area contributed by atoms with Gasteiger partial charge < -0.3 is 15.1 Å². The van der Waals surface area contributed by atoms with E-state index in [2.05, 4.69) is 29.1 Å². The van der Waals surface area contributed by atoms with E-state index < -0.39 is 0 Å². The first-order chi connectivity index (χ1) is 8.70. The highest BCUT2D eigenvalue weighted by atomic mass is 16.2. The summed E-state index contributed by atoms with van der Waals surface area (Å²) < 4.78 is 0. The molecule has 18 heavy (non-hydrogen) atoms. The second kappa shape index (κ2) is 6.41. The summed E-state index contributed by atoms with van der Waals surface area (Å²) in [6.45, 7) is 5.33. The molecule has 0 spiro atoms. The number of piperidine rings is 2. The van der Waals surface area contributed by atoms with Crippen LogP contribution < -0.4 is 5.32 Å². The molecule has 2 aliphatic heterocycles. The zero-order valence-electron chi connectivity index (χ0n) is 11.8. The van der Waals surface area contributed by atoms with Gasteiger partial charge in [0.2, 0.25) is 0 Å². The normalized spacial score (nSPS) is 27.2. The number of hydrogen-bond donors (Lipinski definition) is 1. The van der Waals surface area contributed by atoms with Crippen molar-refractivity contribution < 1.29 is 4.79 Å². The fraction of sp³-hybridized carbons (Fsp3) is 0.929. The van der Waals surface area contributed by atoms with E-state index in [1.165, 1.54) is 12.8 Å². The van der Waals surface area contributed by atoms with Gasteiger partial charge in [-0.1, -0.05) is 6.92 Å². The van der Waals surface area contributed by atoms with Crippen LogP contribution in [0.3, 0.4) is 0 Å². The molecule has 0 aromatic heterocycles. The molecule has 2 heterocycles. The Balaban J connectivity index is 1.82. The molecule has 0 bridgehead atoms. The molecule has 4 heteroatoms. The topological polar surface area (TPSA) is 35.6 Å². The molecule has 4 nitrogen and oxygen atoms in total. The smallest absolute Gasteiger partial charge is 0.317 e. The van der Waals surface area contributed by atoms with Gasteiger partial charge in [0.05, 0.1) is 0 Å². The number of nitrogens with one attached hydrogen (secondary N) is 1. The van der Waals surface area contributed by atoms with Crippen molar-refractivity contribution >= 4 is 6.03 Å². The van der Waals surface area contributed by atoms with E-state index >= 15 is 0 Å². The highest BCUT2D eigenvalue weighted by Gasteiger charge is 2.27. The van der Waals surface area contributed by atoms with Crippen LogP contribution in [0.5, 0.6) is 0 Å². The summed E-state index contributed by atoms with van der Waals surface area (Å²) in [6.07, 6.45) is 6.88. The molecule has 0 aliphatic carbocycles. The molecule has 104 valence electrons. The van der Waals surface area contributed by atoms with Crippen LogP contribution in [0.4, 0.5) is 4.79 Å². The first-order valence-corrected chi connectivity index (χ1v) is 7.46. The summed E-state index contributed by atoms with van der Waals surface area (Å²) in [5, 5.41) is 3.23. The number of hydrogen-bond acceptors (Lipinski definition) is 2. The molecule has 2 amide bonds. The Morgan fingerprint density at radius 3 is 2.56 bits per heavy atom. The Morgan fingerprint density at radius 2 is 1.89 bits per heavy atom. The van der Waals surface area contributed by atoms with Crippen LogP contribution in [0, 0.1) is 0 Å². The summed E-state index contributed by atoms with van der Waals surface area (Å²) >= 11 is 0. The standard InChI is InChI=1S/C14H27N3O/c1-3-13-6-4-5-9-17(13)14(18)15-12-7-10-16(2)11-8-12/h12-13H,3-11H2,1-2H3,(H,15,18). The van der Waals surface area contributed by atoms with Gasteiger partial charge in [0.15, 0.2) is 0 Å². The zero-order chi connectivity index (χ0) is 13.0. The van der Waals surface area contributed by atoms with Crippen molar-refractivity contribution in [1.82, 2.24) is 15.1 Å². The van der Waals surface area contributed by atoms with Crippen LogP contribution in [0.2, 0.25) is 0 Å². The lowest BCUT2D eigenvalue weighted by Gasteiger charge is -2.37. The lowest BCUT2D eigenvalue weighted by molar-refractivity contribution is 0.140. The largest absolute Gasteiger partial charge is 0.335 e. The number of urea groups is 1. The molecule has 0 aromatic carbocycles. The monoisotopic (exact) mass is 253 g/mol. The quantitative estimate of drug-likeness (QED) is 0.817. The number of carbonyl (C=O) groups is 1. The molecular formula is C14H27N3O. The Labute approximate surface area is 111 Å². The van der Waals surface area contributed by atoms with Crippen molar-refractivity contribution in [1.29, 1.82) is 0 Å². The highest BCUT2D eigenvalue weighted by molar-refractivity contribution is 5.75. The van der Waals surface area contributed by atoms with Gasteiger partial charge in [-0.15, -0.1) is 0 Å². The zero-order valence-corrected chi connectivity index (χ0v) is 11.8. The fourth-order valence-electron chi connectivity index (χ4n) is 3.10. The van der Waals surface area contributed by atoms with Gasteiger partial charge in [0, 0.05) is 18.6 Å². The summed E-state index contributed by atoms with van der Waals surface area (Å²) in [5.41, 5.74) is 0. The van der Waals surface area contributed by atoms with E-state index in [4.69, 9.17) is 0 Å².